The first kappa shape index (κ1) is 12.5. The normalized spacial score (nSPS) is 18.8. The van der Waals surface area contributed by atoms with E-state index in [1.165, 1.54) is 0 Å². The fraction of sp³-hybridized carbons (Fsp3) is 0.429. The summed E-state index contributed by atoms with van der Waals surface area (Å²) in [5.41, 5.74) is 2.02. The van der Waals surface area contributed by atoms with Crippen LogP contribution in [0.4, 0.5) is 13.2 Å². The zero-order valence-corrected chi connectivity index (χ0v) is 10.6. The summed E-state index contributed by atoms with van der Waals surface area (Å²) in [6, 6.07) is 1.30. The molecule has 0 fully saturated rings. The second-order valence-electron chi connectivity index (χ2n) is 4.99. The predicted molar refractivity (Wildman–Crippen MR) is 67.7 cm³/mol. The van der Waals surface area contributed by atoms with Gasteiger partial charge >= 0.3 is 0 Å². The summed E-state index contributed by atoms with van der Waals surface area (Å²) in [6.07, 6.45) is 2.36. The van der Waals surface area contributed by atoms with Crippen molar-refractivity contribution in [3.8, 4) is 0 Å². The molecule has 19 heavy (non-hydrogen) atoms. The van der Waals surface area contributed by atoms with Crippen LogP contribution >= 0.6 is 0 Å². The Morgan fingerprint density at radius 3 is 2.84 bits per heavy atom. The van der Waals surface area contributed by atoms with E-state index in [0.717, 1.165) is 36.7 Å². The highest BCUT2D eigenvalue weighted by atomic mass is 19.2. The maximum atomic E-state index is 13.9. The molecule has 1 aromatic heterocycles. The molecule has 1 atom stereocenters. The Labute approximate surface area is 109 Å². The molecular formula is C14H15F3N2. The minimum Gasteiger partial charge on any atom is -0.358 e. The Hall–Kier alpha value is -1.49. The number of hydrogen-bond acceptors (Lipinski definition) is 1. The average Bonchev–Trinajstić information content (AvgIpc) is 2.74. The number of rotatable bonds is 2. The quantitative estimate of drug-likeness (QED) is 0.805. The van der Waals surface area contributed by atoms with Gasteiger partial charge in [0.2, 0.25) is 0 Å². The van der Waals surface area contributed by atoms with Crippen LogP contribution < -0.4 is 5.32 Å². The van der Waals surface area contributed by atoms with Crippen LogP contribution in [0.1, 0.15) is 24.6 Å². The molecule has 0 saturated heterocycles. The number of nitrogens with one attached hydrogen (secondary N) is 2. The molecular weight excluding hydrogens is 253 g/mol. The molecule has 102 valence electrons. The minimum atomic E-state index is -1.39. The van der Waals surface area contributed by atoms with E-state index in [4.69, 9.17) is 0 Å². The second-order valence-corrected chi connectivity index (χ2v) is 4.99. The van der Waals surface area contributed by atoms with Crippen molar-refractivity contribution in [3.63, 3.8) is 0 Å². The zero-order chi connectivity index (χ0) is 13.6. The first-order valence-corrected chi connectivity index (χ1v) is 6.52. The SMILES string of the molecule is CCNC1CCc2[nH]c3cc(F)c(F)c(F)c3c2C1. The fourth-order valence-electron chi connectivity index (χ4n) is 2.95. The second kappa shape index (κ2) is 4.56. The van der Waals surface area contributed by atoms with Gasteiger partial charge in [0, 0.05) is 23.2 Å². The van der Waals surface area contributed by atoms with E-state index in [2.05, 4.69) is 10.3 Å². The van der Waals surface area contributed by atoms with Crippen molar-refractivity contribution < 1.29 is 13.2 Å². The topological polar surface area (TPSA) is 27.8 Å². The number of aryl methyl sites for hydroxylation is 1. The van der Waals surface area contributed by atoms with E-state index in [-0.39, 0.29) is 11.4 Å². The van der Waals surface area contributed by atoms with Gasteiger partial charge in [0.05, 0.1) is 5.52 Å². The van der Waals surface area contributed by atoms with Crippen LogP contribution in [0.2, 0.25) is 0 Å². The molecule has 0 saturated carbocycles. The average molecular weight is 268 g/mol. The Bertz CT molecular complexity index is 633. The Morgan fingerprint density at radius 2 is 2.11 bits per heavy atom. The van der Waals surface area contributed by atoms with Crippen molar-refractivity contribution in [1.29, 1.82) is 0 Å². The number of aromatic nitrogens is 1. The zero-order valence-electron chi connectivity index (χ0n) is 10.6. The summed E-state index contributed by atoms with van der Waals surface area (Å²) in [5.74, 6) is -3.61. The van der Waals surface area contributed by atoms with Crippen LogP contribution in [0, 0.1) is 17.5 Å². The Kier molecular flexibility index (Phi) is 3.01. The van der Waals surface area contributed by atoms with Gasteiger partial charge in [-0.1, -0.05) is 6.92 Å². The van der Waals surface area contributed by atoms with Crippen molar-refractivity contribution in [1.82, 2.24) is 10.3 Å². The number of benzene rings is 1. The molecule has 2 N–H and O–H groups in total. The van der Waals surface area contributed by atoms with Crippen molar-refractivity contribution >= 4 is 10.9 Å². The number of likely N-dealkylation sites (N-methyl/N-ethyl adjacent to an activating group) is 1. The minimum absolute atomic E-state index is 0.205. The molecule has 0 aliphatic heterocycles. The van der Waals surface area contributed by atoms with Crippen molar-refractivity contribution in [2.75, 3.05) is 6.54 Å². The summed E-state index contributed by atoms with van der Waals surface area (Å²) in [7, 11) is 0. The molecule has 3 rings (SSSR count). The van der Waals surface area contributed by atoms with E-state index in [9.17, 15) is 13.2 Å². The van der Waals surface area contributed by atoms with E-state index in [1.54, 1.807) is 0 Å². The first-order valence-electron chi connectivity index (χ1n) is 6.52. The third-order valence-corrected chi connectivity index (χ3v) is 3.80. The lowest BCUT2D eigenvalue weighted by molar-refractivity contribution is 0.451. The van der Waals surface area contributed by atoms with E-state index in [0.29, 0.717) is 11.9 Å². The lowest BCUT2D eigenvalue weighted by atomic mass is 9.91. The van der Waals surface area contributed by atoms with Gasteiger partial charge in [0.25, 0.3) is 0 Å². The monoisotopic (exact) mass is 268 g/mol. The van der Waals surface area contributed by atoms with Gasteiger partial charge in [-0.15, -0.1) is 0 Å². The smallest absolute Gasteiger partial charge is 0.195 e. The Balaban J connectivity index is 2.15. The maximum Gasteiger partial charge on any atom is 0.195 e. The number of halogens is 3. The summed E-state index contributed by atoms with van der Waals surface area (Å²) >= 11 is 0. The molecule has 1 aromatic carbocycles. The third-order valence-electron chi connectivity index (χ3n) is 3.80. The lowest BCUT2D eigenvalue weighted by Crippen LogP contribution is -2.34. The summed E-state index contributed by atoms with van der Waals surface area (Å²) < 4.78 is 40.5. The summed E-state index contributed by atoms with van der Waals surface area (Å²) in [5, 5.41) is 3.53. The van der Waals surface area contributed by atoms with Gasteiger partial charge in [-0.3, -0.25) is 0 Å². The molecule has 1 heterocycles. The maximum absolute atomic E-state index is 13.9. The van der Waals surface area contributed by atoms with Gasteiger partial charge in [-0.05, 0) is 31.4 Å². The molecule has 1 unspecified atom stereocenters. The third kappa shape index (κ3) is 1.92. The standard InChI is InChI=1S/C14H15F3N2/c1-2-18-7-3-4-10-8(5-7)12-11(19-10)6-9(15)13(16)14(12)17/h6-7,18-19H,2-5H2,1H3. The van der Waals surface area contributed by atoms with Gasteiger partial charge in [0.15, 0.2) is 17.5 Å². The molecule has 0 amide bonds. The highest BCUT2D eigenvalue weighted by molar-refractivity contribution is 5.86. The highest BCUT2D eigenvalue weighted by Crippen LogP contribution is 2.32. The van der Waals surface area contributed by atoms with Crippen molar-refractivity contribution in [2.45, 2.75) is 32.2 Å². The van der Waals surface area contributed by atoms with Crippen molar-refractivity contribution in [3.05, 3.63) is 34.8 Å². The molecule has 0 spiro atoms. The molecule has 0 bridgehead atoms. The number of aromatic amines is 1. The van der Waals surface area contributed by atoms with E-state index >= 15 is 0 Å². The van der Waals surface area contributed by atoms with Crippen LogP contribution in [-0.4, -0.2) is 17.6 Å². The molecule has 5 heteroatoms. The molecule has 1 aliphatic rings. The van der Waals surface area contributed by atoms with Gasteiger partial charge in [-0.25, -0.2) is 13.2 Å². The van der Waals surface area contributed by atoms with Crippen LogP contribution in [0.3, 0.4) is 0 Å². The van der Waals surface area contributed by atoms with Crippen LogP contribution in [0.15, 0.2) is 6.07 Å². The van der Waals surface area contributed by atoms with Crippen LogP contribution in [0.25, 0.3) is 10.9 Å². The van der Waals surface area contributed by atoms with Gasteiger partial charge in [0.1, 0.15) is 0 Å². The lowest BCUT2D eigenvalue weighted by Gasteiger charge is -2.23. The highest BCUT2D eigenvalue weighted by Gasteiger charge is 2.26. The largest absolute Gasteiger partial charge is 0.358 e. The molecule has 2 nitrogen and oxygen atoms in total. The summed E-state index contributed by atoms with van der Waals surface area (Å²) in [4.78, 5) is 3.01. The van der Waals surface area contributed by atoms with Crippen molar-refractivity contribution in [2.24, 2.45) is 0 Å². The van der Waals surface area contributed by atoms with Gasteiger partial charge < -0.3 is 10.3 Å². The Morgan fingerprint density at radius 1 is 1.32 bits per heavy atom. The first-order chi connectivity index (χ1) is 9.11. The predicted octanol–water partition coefficient (Wildman–Crippen LogP) is 3.05. The molecule has 1 aliphatic carbocycles. The number of fused-ring (bicyclic) bond motifs is 3. The number of H-pyrrole nitrogens is 1. The van der Waals surface area contributed by atoms with Crippen LogP contribution in [0.5, 0.6) is 0 Å². The van der Waals surface area contributed by atoms with E-state index < -0.39 is 17.5 Å². The summed E-state index contributed by atoms with van der Waals surface area (Å²) in [6.45, 7) is 2.86. The van der Waals surface area contributed by atoms with Crippen LogP contribution in [-0.2, 0) is 12.8 Å². The van der Waals surface area contributed by atoms with Gasteiger partial charge in [-0.2, -0.15) is 0 Å². The molecule has 2 aromatic rings. The molecule has 0 radical (unpaired) electrons. The number of hydrogen-bond donors (Lipinski definition) is 2. The van der Waals surface area contributed by atoms with E-state index in [1.807, 2.05) is 6.92 Å². The fourth-order valence-corrected chi connectivity index (χ4v) is 2.95.